The molecule has 0 bridgehead atoms. The first kappa shape index (κ1) is 23.0. The summed E-state index contributed by atoms with van der Waals surface area (Å²) >= 11 is 0. The minimum absolute atomic E-state index is 0.0895. The Bertz CT molecular complexity index is 1210. The Morgan fingerprint density at radius 1 is 1.16 bits per heavy atom. The molecule has 0 unspecified atom stereocenters. The molecule has 2 aromatic carbocycles. The largest absolute Gasteiger partial charge is 0.383 e. The zero-order valence-corrected chi connectivity index (χ0v) is 18.0. The minimum atomic E-state index is -0.742. The third kappa shape index (κ3) is 4.94. The Kier molecular flexibility index (Phi) is 7.21. The lowest BCUT2D eigenvalue weighted by molar-refractivity contribution is -0.117. The van der Waals surface area contributed by atoms with Gasteiger partial charge in [-0.1, -0.05) is 48.5 Å². The maximum absolute atomic E-state index is 14.0. The number of hydrogen-bond donors (Lipinski definition) is 3. The van der Waals surface area contributed by atoms with Crippen molar-refractivity contribution in [2.45, 2.75) is 26.4 Å². The van der Waals surface area contributed by atoms with Crippen molar-refractivity contribution in [3.05, 3.63) is 92.4 Å². The number of anilines is 2. The first-order valence-electron chi connectivity index (χ1n) is 10.3. The average molecular weight is 439 g/mol. The van der Waals surface area contributed by atoms with E-state index in [1.54, 1.807) is 32.0 Å². The smallest absolute Gasteiger partial charge is 0.330 e. The van der Waals surface area contributed by atoms with Crippen LogP contribution in [0.15, 0.2) is 64.2 Å². The minimum Gasteiger partial charge on any atom is -0.383 e. The standard InChI is InChI=1S/C23H26FN5O3/c1-3-28(19(30)13-26-15(2)17-11-7-8-12-18(17)24)20-21(25)29(23(32)27-22(20)31)14-16-9-5-4-6-10-16/h4-12,15,26H,3,13-14,25H2,1-2H3,(H,27,31,32)/t15-/m0/s1. The topological polar surface area (TPSA) is 113 Å². The third-order valence-electron chi connectivity index (χ3n) is 5.22. The van der Waals surface area contributed by atoms with Gasteiger partial charge in [0, 0.05) is 18.2 Å². The van der Waals surface area contributed by atoms with E-state index in [0.29, 0.717) is 5.56 Å². The highest BCUT2D eigenvalue weighted by atomic mass is 19.1. The summed E-state index contributed by atoms with van der Waals surface area (Å²) < 4.78 is 15.2. The molecule has 3 aromatic rings. The van der Waals surface area contributed by atoms with Crippen LogP contribution in [0.2, 0.25) is 0 Å². The molecule has 9 heteroatoms. The molecule has 0 aliphatic heterocycles. The monoisotopic (exact) mass is 439 g/mol. The highest BCUT2D eigenvalue weighted by Gasteiger charge is 2.23. The van der Waals surface area contributed by atoms with E-state index >= 15 is 0 Å². The number of H-pyrrole nitrogens is 1. The summed E-state index contributed by atoms with van der Waals surface area (Å²) in [5, 5.41) is 2.98. The normalized spacial score (nSPS) is 11.8. The first-order chi connectivity index (χ1) is 15.3. The zero-order valence-electron chi connectivity index (χ0n) is 18.0. The maximum atomic E-state index is 14.0. The van der Waals surface area contributed by atoms with Gasteiger partial charge in [-0.25, -0.2) is 9.18 Å². The number of nitrogen functional groups attached to an aromatic ring is 1. The molecule has 0 aliphatic rings. The lowest BCUT2D eigenvalue weighted by Gasteiger charge is -2.24. The number of halogens is 1. The summed E-state index contributed by atoms with van der Waals surface area (Å²) in [7, 11) is 0. The third-order valence-corrected chi connectivity index (χ3v) is 5.22. The summed E-state index contributed by atoms with van der Waals surface area (Å²) in [6.07, 6.45) is 0. The predicted molar refractivity (Wildman–Crippen MR) is 122 cm³/mol. The van der Waals surface area contributed by atoms with Crippen LogP contribution in [0.1, 0.15) is 31.0 Å². The van der Waals surface area contributed by atoms with Gasteiger partial charge in [-0.05, 0) is 25.5 Å². The van der Waals surface area contributed by atoms with Crippen molar-refractivity contribution in [2.75, 3.05) is 23.7 Å². The van der Waals surface area contributed by atoms with Crippen LogP contribution in [0.5, 0.6) is 0 Å². The number of carbonyl (C=O) groups is 1. The number of rotatable bonds is 8. The van der Waals surface area contributed by atoms with Crippen LogP contribution in [0.25, 0.3) is 0 Å². The summed E-state index contributed by atoms with van der Waals surface area (Å²) in [6, 6.07) is 15.0. The van der Waals surface area contributed by atoms with Gasteiger partial charge in [-0.2, -0.15) is 0 Å². The van der Waals surface area contributed by atoms with Gasteiger partial charge >= 0.3 is 5.69 Å². The lowest BCUT2D eigenvalue weighted by Crippen LogP contribution is -2.44. The molecule has 0 aliphatic carbocycles. The Morgan fingerprint density at radius 3 is 2.47 bits per heavy atom. The molecule has 1 amide bonds. The van der Waals surface area contributed by atoms with Crippen LogP contribution >= 0.6 is 0 Å². The molecule has 0 radical (unpaired) electrons. The van der Waals surface area contributed by atoms with E-state index in [9.17, 15) is 18.8 Å². The fraction of sp³-hybridized carbons (Fsp3) is 0.261. The highest BCUT2D eigenvalue weighted by Crippen LogP contribution is 2.19. The van der Waals surface area contributed by atoms with Crippen molar-refractivity contribution in [1.82, 2.24) is 14.9 Å². The van der Waals surface area contributed by atoms with Crippen molar-refractivity contribution in [3.8, 4) is 0 Å². The van der Waals surface area contributed by atoms with Crippen molar-refractivity contribution < 1.29 is 9.18 Å². The molecule has 0 fully saturated rings. The molecule has 1 aromatic heterocycles. The van der Waals surface area contributed by atoms with Gasteiger partial charge in [0.25, 0.3) is 5.56 Å². The number of likely N-dealkylation sites (N-methyl/N-ethyl adjacent to an activating group) is 1. The maximum Gasteiger partial charge on any atom is 0.330 e. The number of aromatic amines is 1. The molecule has 0 saturated heterocycles. The zero-order chi connectivity index (χ0) is 23.3. The number of aromatic nitrogens is 2. The number of nitrogens with zero attached hydrogens (tertiary/aromatic N) is 2. The second-order valence-electron chi connectivity index (χ2n) is 7.33. The van der Waals surface area contributed by atoms with E-state index in [1.807, 2.05) is 30.3 Å². The number of carbonyl (C=O) groups excluding carboxylic acids is 1. The average Bonchev–Trinajstić information content (AvgIpc) is 2.78. The molecule has 0 saturated carbocycles. The van der Waals surface area contributed by atoms with Crippen LogP contribution in [-0.4, -0.2) is 28.5 Å². The molecule has 1 atom stereocenters. The summed E-state index contributed by atoms with van der Waals surface area (Å²) in [4.78, 5) is 41.3. The SMILES string of the molecule is CCN(C(=O)CN[C@@H](C)c1ccccc1F)c1c(N)n(Cc2ccccc2)c(=O)[nH]c1=O. The van der Waals surface area contributed by atoms with Crippen molar-refractivity contribution >= 4 is 17.4 Å². The Hall–Kier alpha value is -3.72. The molecule has 4 N–H and O–H groups in total. The van der Waals surface area contributed by atoms with Crippen LogP contribution in [-0.2, 0) is 11.3 Å². The highest BCUT2D eigenvalue weighted by molar-refractivity contribution is 5.96. The summed E-state index contributed by atoms with van der Waals surface area (Å²) in [5.41, 5.74) is 5.95. The molecule has 32 heavy (non-hydrogen) atoms. The number of nitrogens with one attached hydrogen (secondary N) is 2. The number of nitrogens with two attached hydrogens (primary N) is 1. The first-order valence-corrected chi connectivity index (χ1v) is 10.3. The fourth-order valence-electron chi connectivity index (χ4n) is 3.49. The second-order valence-corrected chi connectivity index (χ2v) is 7.33. The van der Waals surface area contributed by atoms with Gasteiger partial charge in [-0.15, -0.1) is 0 Å². The predicted octanol–water partition coefficient (Wildman–Crippen LogP) is 2.01. The number of hydrogen-bond acceptors (Lipinski definition) is 5. The van der Waals surface area contributed by atoms with Crippen LogP contribution in [0.4, 0.5) is 15.9 Å². The van der Waals surface area contributed by atoms with E-state index in [2.05, 4.69) is 10.3 Å². The second kappa shape index (κ2) is 10.1. The lowest BCUT2D eigenvalue weighted by atomic mass is 10.1. The van der Waals surface area contributed by atoms with Gasteiger partial charge in [-0.3, -0.25) is 19.1 Å². The number of amides is 1. The van der Waals surface area contributed by atoms with Crippen LogP contribution in [0.3, 0.4) is 0 Å². The summed E-state index contributed by atoms with van der Waals surface area (Å²) in [6.45, 7) is 3.59. The van der Waals surface area contributed by atoms with E-state index in [0.717, 1.165) is 5.56 Å². The Balaban J connectivity index is 1.85. The molecule has 1 heterocycles. The fourth-order valence-corrected chi connectivity index (χ4v) is 3.49. The van der Waals surface area contributed by atoms with Gasteiger partial charge in [0.1, 0.15) is 11.6 Å². The molecule has 168 valence electrons. The quantitative estimate of drug-likeness (QED) is 0.497. The van der Waals surface area contributed by atoms with Gasteiger partial charge in [0.05, 0.1) is 13.1 Å². The van der Waals surface area contributed by atoms with Gasteiger partial charge in [0.15, 0.2) is 5.69 Å². The van der Waals surface area contributed by atoms with E-state index in [-0.39, 0.29) is 37.0 Å². The van der Waals surface area contributed by atoms with Crippen molar-refractivity contribution in [3.63, 3.8) is 0 Å². The van der Waals surface area contributed by atoms with E-state index < -0.39 is 23.2 Å². The van der Waals surface area contributed by atoms with Gasteiger partial charge in [0.2, 0.25) is 5.91 Å². The Labute approximate surface area is 184 Å². The van der Waals surface area contributed by atoms with Crippen LogP contribution < -0.4 is 27.2 Å². The Morgan fingerprint density at radius 2 is 1.81 bits per heavy atom. The van der Waals surface area contributed by atoms with Crippen molar-refractivity contribution in [2.24, 2.45) is 0 Å². The van der Waals surface area contributed by atoms with E-state index in [1.165, 1.54) is 15.5 Å². The van der Waals surface area contributed by atoms with Crippen molar-refractivity contribution in [1.29, 1.82) is 0 Å². The molecular formula is C23H26FN5O3. The summed E-state index contributed by atoms with van der Waals surface area (Å²) in [5.74, 6) is -0.904. The molecule has 0 spiro atoms. The number of benzene rings is 2. The molecule has 3 rings (SSSR count). The van der Waals surface area contributed by atoms with E-state index in [4.69, 9.17) is 5.73 Å². The van der Waals surface area contributed by atoms with Gasteiger partial charge < -0.3 is 16.0 Å². The molecule has 8 nitrogen and oxygen atoms in total. The van der Waals surface area contributed by atoms with Crippen LogP contribution in [0, 0.1) is 5.82 Å². The molecular weight excluding hydrogens is 413 g/mol.